The first kappa shape index (κ1) is 39.9. The molecule has 0 aromatic carbocycles. The van der Waals surface area contributed by atoms with Gasteiger partial charge in [0.1, 0.15) is 54.6 Å². The first-order valence-corrected chi connectivity index (χ1v) is 20.3. The van der Waals surface area contributed by atoms with Gasteiger partial charge in [0.2, 0.25) is 0 Å². The highest BCUT2D eigenvalue weighted by atomic mass is 16.8. The molecule has 0 bridgehead atoms. The highest BCUT2D eigenvalue weighted by Crippen LogP contribution is 2.70. The highest BCUT2D eigenvalue weighted by Gasteiger charge is 2.72. The Hall–Kier alpha value is -0.890. The van der Waals surface area contributed by atoms with Crippen molar-refractivity contribution < 1.29 is 74.1 Å². The molecule has 1 unspecified atom stereocenters. The van der Waals surface area contributed by atoms with Gasteiger partial charge in [-0.3, -0.25) is 4.79 Å². The van der Waals surface area contributed by atoms with E-state index >= 15 is 0 Å². The Balaban J connectivity index is 0.980. The predicted molar refractivity (Wildman–Crippen MR) is 185 cm³/mol. The Morgan fingerprint density at radius 2 is 1.48 bits per heavy atom. The third kappa shape index (κ3) is 6.01. The quantitative estimate of drug-likeness (QED) is 0.161. The van der Waals surface area contributed by atoms with E-state index < -0.39 is 98.0 Å². The largest absolute Gasteiger partial charge is 0.394 e. The SMILES string of the molecule is CC1CC[C@@]2(OC1)O[C@H]1C[C@H]3[C@@H]4CC[C@@H]5C[C@@H](O[C@@H]6O[C@H](CO)[C@H](O)[C@H](O)[C@H]6O[C@@H]6O[C@H](CO)[C@@H](O)[C@H](O)[C@H]6O)[C@@H](O)C[C@]5(C)[C@H]4CC(=O)[C@]3(C)[C@H]1[C@@H]2C. The number of carbonyl (C=O) groups excluding carboxylic acids is 1. The van der Waals surface area contributed by atoms with Crippen LogP contribution < -0.4 is 0 Å². The van der Waals surface area contributed by atoms with Crippen molar-refractivity contribution >= 4 is 5.78 Å². The van der Waals surface area contributed by atoms with Gasteiger partial charge in [-0.2, -0.15) is 0 Å². The summed E-state index contributed by atoms with van der Waals surface area (Å²) in [7, 11) is 0. The summed E-state index contributed by atoms with van der Waals surface area (Å²) in [6.45, 7) is 8.14. The van der Waals surface area contributed by atoms with Crippen LogP contribution in [0, 0.1) is 52.3 Å². The number of carbonyl (C=O) groups is 1. The van der Waals surface area contributed by atoms with Crippen molar-refractivity contribution in [1.29, 1.82) is 0 Å². The summed E-state index contributed by atoms with van der Waals surface area (Å²) < 4.78 is 36.9. The number of Topliss-reactive ketones (excluding diaryl/α,β-unsaturated/α-hetero) is 1. The molecule has 15 heteroatoms. The number of aliphatic hydroxyl groups is 8. The van der Waals surface area contributed by atoms with E-state index in [0.29, 0.717) is 43.5 Å². The van der Waals surface area contributed by atoms with Crippen LogP contribution in [0.25, 0.3) is 0 Å². The minimum absolute atomic E-state index is 0.0170. The molecule has 4 heterocycles. The number of hydrogen-bond donors (Lipinski definition) is 8. The number of hydrogen-bond acceptors (Lipinski definition) is 15. The minimum Gasteiger partial charge on any atom is -0.394 e. The van der Waals surface area contributed by atoms with Gasteiger partial charge in [-0.25, -0.2) is 0 Å². The lowest BCUT2D eigenvalue weighted by Crippen LogP contribution is -2.65. The van der Waals surface area contributed by atoms with Crippen molar-refractivity contribution in [3.8, 4) is 0 Å². The summed E-state index contributed by atoms with van der Waals surface area (Å²) in [5.41, 5.74) is -0.845. The van der Waals surface area contributed by atoms with E-state index in [1.54, 1.807) is 0 Å². The highest BCUT2D eigenvalue weighted by molar-refractivity contribution is 5.87. The van der Waals surface area contributed by atoms with E-state index in [4.69, 9.17) is 28.4 Å². The summed E-state index contributed by atoms with van der Waals surface area (Å²) in [4.78, 5) is 14.6. The maximum Gasteiger partial charge on any atom is 0.187 e. The first-order valence-electron chi connectivity index (χ1n) is 20.3. The zero-order valence-electron chi connectivity index (χ0n) is 31.8. The van der Waals surface area contributed by atoms with Crippen LogP contribution in [0.15, 0.2) is 0 Å². The predicted octanol–water partition coefficient (Wildman–Crippen LogP) is -0.408. The van der Waals surface area contributed by atoms with Crippen LogP contribution in [-0.4, -0.2) is 152 Å². The van der Waals surface area contributed by atoms with Crippen LogP contribution in [0.3, 0.4) is 0 Å². The topological polar surface area (TPSA) is 234 Å². The molecule has 4 saturated heterocycles. The van der Waals surface area contributed by atoms with Gasteiger partial charge >= 0.3 is 0 Å². The monoisotopic (exact) mass is 770 g/mol. The van der Waals surface area contributed by atoms with Crippen LogP contribution in [0.2, 0.25) is 0 Å². The maximum atomic E-state index is 14.6. The third-order valence-electron chi connectivity index (χ3n) is 16.1. The molecule has 8 aliphatic rings. The lowest BCUT2D eigenvalue weighted by molar-refractivity contribution is -0.376. The van der Waals surface area contributed by atoms with E-state index in [9.17, 15) is 45.6 Å². The summed E-state index contributed by atoms with van der Waals surface area (Å²) >= 11 is 0. The standard InChI is InChI=1S/C39H62O15/c1-16-7-8-39(49-15-16)17(2)28-24(54-39)10-21-19-6-5-18-9-23(22(42)12-37(18,3)20(19)11-27(43)38(21,28)4)50-36-34(32(47)30(45)26(14-41)52-36)53-35-33(48)31(46)29(44)25(13-40)51-35/h16-26,28-36,40-42,44-48H,5-15H2,1-4H3/t16?,17-,18+,19+,20-,21-,22-,23+,24-,25+,26+,28-,29+,30-,31-,32-,33+,34+,35-,36+,37-,38+,39+/m0/s1. The van der Waals surface area contributed by atoms with Crippen LogP contribution >= 0.6 is 0 Å². The summed E-state index contributed by atoms with van der Waals surface area (Å²) in [5, 5.41) is 84.4. The van der Waals surface area contributed by atoms with Gasteiger partial charge in [0.25, 0.3) is 0 Å². The average Bonchev–Trinajstić information content (AvgIpc) is 3.59. The van der Waals surface area contributed by atoms with Crippen molar-refractivity contribution in [2.24, 2.45) is 52.3 Å². The lowest BCUT2D eigenvalue weighted by atomic mass is 9.43. The fourth-order valence-electron chi connectivity index (χ4n) is 12.9. The van der Waals surface area contributed by atoms with E-state index in [1.165, 1.54) is 0 Å². The minimum atomic E-state index is -1.79. The van der Waals surface area contributed by atoms with Crippen molar-refractivity contribution in [3.05, 3.63) is 0 Å². The summed E-state index contributed by atoms with van der Waals surface area (Å²) in [6.07, 6.45) is -11.7. The Bertz CT molecular complexity index is 1370. The van der Waals surface area contributed by atoms with Gasteiger partial charge in [-0.1, -0.05) is 27.7 Å². The third-order valence-corrected chi connectivity index (χ3v) is 16.1. The fourth-order valence-corrected chi connectivity index (χ4v) is 12.9. The molecule has 0 aromatic heterocycles. The lowest BCUT2D eigenvalue weighted by Gasteiger charge is -2.61. The summed E-state index contributed by atoms with van der Waals surface area (Å²) in [5.74, 6) is 1.08. The second-order valence-electron chi connectivity index (χ2n) is 18.7. The Morgan fingerprint density at radius 3 is 2.15 bits per heavy atom. The zero-order valence-corrected chi connectivity index (χ0v) is 31.8. The number of rotatable bonds is 6. The molecular weight excluding hydrogens is 708 g/mol. The molecule has 54 heavy (non-hydrogen) atoms. The molecule has 0 radical (unpaired) electrons. The van der Waals surface area contributed by atoms with Gasteiger partial charge in [0.15, 0.2) is 18.4 Å². The van der Waals surface area contributed by atoms with Gasteiger partial charge in [0.05, 0.1) is 38.1 Å². The van der Waals surface area contributed by atoms with E-state index in [-0.39, 0.29) is 41.1 Å². The number of ketones is 1. The molecule has 8 rings (SSSR count). The first-order chi connectivity index (χ1) is 25.6. The van der Waals surface area contributed by atoms with Crippen molar-refractivity contribution in [3.63, 3.8) is 0 Å². The molecule has 8 N–H and O–H groups in total. The molecule has 4 aliphatic carbocycles. The molecule has 0 amide bonds. The van der Waals surface area contributed by atoms with Crippen molar-refractivity contribution in [2.45, 2.75) is 165 Å². The van der Waals surface area contributed by atoms with Crippen molar-refractivity contribution in [1.82, 2.24) is 0 Å². The normalized spacial score (nSPS) is 58.7. The van der Waals surface area contributed by atoms with Gasteiger partial charge < -0.3 is 69.3 Å². The maximum absolute atomic E-state index is 14.6. The molecule has 0 aromatic rings. The second kappa shape index (κ2) is 14.4. The molecular formula is C39H62O15. The second-order valence-corrected chi connectivity index (χ2v) is 18.7. The Labute approximate surface area is 316 Å². The Morgan fingerprint density at radius 1 is 0.796 bits per heavy atom. The van der Waals surface area contributed by atoms with E-state index in [0.717, 1.165) is 32.1 Å². The van der Waals surface area contributed by atoms with E-state index in [1.807, 2.05) is 0 Å². The van der Waals surface area contributed by atoms with Crippen LogP contribution in [-0.2, 0) is 33.2 Å². The van der Waals surface area contributed by atoms with Crippen LogP contribution in [0.4, 0.5) is 0 Å². The molecule has 308 valence electrons. The molecule has 1 spiro atoms. The van der Waals surface area contributed by atoms with Crippen molar-refractivity contribution in [2.75, 3.05) is 19.8 Å². The zero-order chi connectivity index (χ0) is 38.6. The van der Waals surface area contributed by atoms with Crippen LogP contribution in [0.1, 0.15) is 79.1 Å². The molecule has 4 aliphatic heterocycles. The fraction of sp³-hybridized carbons (Fsp3) is 0.974. The van der Waals surface area contributed by atoms with E-state index in [2.05, 4.69) is 27.7 Å². The number of fused-ring (bicyclic) bond motifs is 7. The number of ether oxygens (including phenoxy) is 6. The molecule has 8 fully saturated rings. The van der Waals surface area contributed by atoms with Gasteiger partial charge in [-0.15, -0.1) is 0 Å². The molecule has 15 nitrogen and oxygen atoms in total. The summed E-state index contributed by atoms with van der Waals surface area (Å²) in [6, 6.07) is 0. The smallest absolute Gasteiger partial charge is 0.187 e. The Kier molecular flexibility index (Phi) is 10.7. The molecule has 23 atom stereocenters. The van der Waals surface area contributed by atoms with Crippen LogP contribution in [0.5, 0.6) is 0 Å². The van der Waals surface area contributed by atoms with Gasteiger partial charge in [0, 0.05) is 30.1 Å². The number of aliphatic hydroxyl groups excluding tert-OH is 8. The van der Waals surface area contributed by atoms with Gasteiger partial charge in [-0.05, 0) is 73.5 Å². The molecule has 4 saturated carbocycles. The average molecular weight is 771 g/mol.